The molecule has 1 aliphatic rings. The minimum absolute atomic E-state index is 0.0846. The maximum Gasteiger partial charge on any atom is 0.271 e. The first-order chi connectivity index (χ1) is 10.9. The van der Waals surface area contributed by atoms with Gasteiger partial charge in [-0.2, -0.15) is 4.31 Å². The topological polar surface area (TPSA) is 99.0 Å². The molecule has 1 aromatic rings. The number of benzene rings is 1. The van der Waals surface area contributed by atoms with E-state index in [0.717, 1.165) is 18.9 Å². The third-order valence-corrected chi connectivity index (χ3v) is 5.72. The van der Waals surface area contributed by atoms with E-state index in [1.807, 2.05) is 0 Å². The van der Waals surface area contributed by atoms with Gasteiger partial charge in [0, 0.05) is 31.8 Å². The first-order valence-corrected chi connectivity index (χ1v) is 8.78. The van der Waals surface area contributed by atoms with Gasteiger partial charge in [0.2, 0.25) is 10.0 Å². The van der Waals surface area contributed by atoms with Crippen LogP contribution in [0.25, 0.3) is 0 Å². The van der Waals surface area contributed by atoms with Crippen molar-refractivity contribution >= 4 is 15.7 Å². The Bertz CT molecular complexity index is 670. The molecule has 1 atom stereocenters. The molecule has 0 aromatic heterocycles. The number of hydrogen-bond acceptors (Lipinski definition) is 6. The largest absolute Gasteiger partial charge is 0.495 e. The van der Waals surface area contributed by atoms with E-state index in [-0.39, 0.29) is 35.5 Å². The predicted octanol–water partition coefficient (Wildman–Crippen LogP) is 1.79. The van der Waals surface area contributed by atoms with Crippen molar-refractivity contribution in [3.8, 4) is 5.75 Å². The highest BCUT2D eigenvalue weighted by Crippen LogP contribution is 2.31. The normalized spacial score (nSPS) is 18.3. The Balaban J connectivity index is 2.39. The van der Waals surface area contributed by atoms with Gasteiger partial charge in [-0.25, -0.2) is 8.42 Å². The third kappa shape index (κ3) is 3.80. The lowest BCUT2D eigenvalue weighted by Crippen LogP contribution is -2.37. The van der Waals surface area contributed by atoms with Gasteiger partial charge in [-0.3, -0.25) is 10.1 Å². The Morgan fingerprint density at radius 3 is 2.74 bits per heavy atom. The molecule has 2 rings (SSSR count). The van der Waals surface area contributed by atoms with E-state index in [1.54, 1.807) is 6.92 Å². The molecule has 1 aliphatic heterocycles. The van der Waals surface area contributed by atoms with E-state index < -0.39 is 14.9 Å². The number of nitrogens with zero attached hydrogens (tertiary/aromatic N) is 2. The van der Waals surface area contributed by atoms with E-state index in [1.165, 1.54) is 23.5 Å². The lowest BCUT2D eigenvalue weighted by molar-refractivity contribution is -0.385. The molecule has 128 valence electrons. The zero-order valence-corrected chi connectivity index (χ0v) is 13.9. The van der Waals surface area contributed by atoms with Crippen LogP contribution in [-0.4, -0.2) is 50.6 Å². The summed E-state index contributed by atoms with van der Waals surface area (Å²) in [7, 11) is -2.58. The fourth-order valence-electron chi connectivity index (χ4n) is 2.53. The minimum atomic E-state index is -3.91. The van der Waals surface area contributed by atoms with Crippen LogP contribution in [0, 0.1) is 10.1 Å². The number of sulfonamides is 1. The highest BCUT2D eigenvalue weighted by Gasteiger charge is 2.31. The average Bonchev–Trinajstić information content (AvgIpc) is 3.04. The Labute approximate surface area is 135 Å². The smallest absolute Gasteiger partial charge is 0.271 e. The number of rotatable bonds is 7. The van der Waals surface area contributed by atoms with Gasteiger partial charge in [-0.05, 0) is 18.9 Å². The lowest BCUT2D eigenvalue weighted by atomic mass is 10.2. The van der Waals surface area contributed by atoms with Crippen molar-refractivity contribution in [2.24, 2.45) is 0 Å². The summed E-state index contributed by atoms with van der Waals surface area (Å²) in [6.07, 6.45) is 1.56. The van der Waals surface area contributed by atoms with Crippen LogP contribution in [-0.2, 0) is 14.8 Å². The van der Waals surface area contributed by atoms with Crippen molar-refractivity contribution in [2.75, 3.05) is 26.8 Å². The van der Waals surface area contributed by atoms with Gasteiger partial charge >= 0.3 is 0 Å². The number of methoxy groups -OCH3 is 1. The molecule has 0 radical (unpaired) electrons. The average molecular weight is 344 g/mol. The number of hydrogen-bond donors (Lipinski definition) is 0. The van der Waals surface area contributed by atoms with Crippen molar-refractivity contribution in [2.45, 2.75) is 30.8 Å². The van der Waals surface area contributed by atoms with E-state index in [0.29, 0.717) is 6.61 Å². The summed E-state index contributed by atoms with van der Waals surface area (Å²) in [6.45, 7) is 2.82. The van der Waals surface area contributed by atoms with E-state index >= 15 is 0 Å². The maximum absolute atomic E-state index is 12.9. The number of non-ortho nitro benzene ring substituents is 1. The first kappa shape index (κ1) is 17.6. The van der Waals surface area contributed by atoms with E-state index in [2.05, 4.69) is 0 Å². The second kappa shape index (κ2) is 7.24. The molecule has 9 heteroatoms. The zero-order valence-electron chi connectivity index (χ0n) is 13.1. The summed E-state index contributed by atoms with van der Waals surface area (Å²) < 4.78 is 37.6. The van der Waals surface area contributed by atoms with Crippen LogP contribution in [0.1, 0.15) is 19.8 Å². The third-order valence-electron chi connectivity index (χ3n) is 3.76. The first-order valence-electron chi connectivity index (χ1n) is 7.34. The van der Waals surface area contributed by atoms with Crippen LogP contribution in [0.5, 0.6) is 5.75 Å². The van der Waals surface area contributed by atoms with Crippen LogP contribution in [0.4, 0.5) is 5.69 Å². The Hall–Kier alpha value is -1.71. The fourth-order valence-corrected chi connectivity index (χ4v) is 4.19. The van der Waals surface area contributed by atoms with Crippen LogP contribution in [0.3, 0.4) is 0 Å². The van der Waals surface area contributed by atoms with E-state index in [9.17, 15) is 18.5 Å². The van der Waals surface area contributed by atoms with Gasteiger partial charge in [-0.1, -0.05) is 6.92 Å². The van der Waals surface area contributed by atoms with Crippen molar-refractivity contribution in [3.63, 3.8) is 0 Å². The molecule has 0 amide bonds. The number of ether oxygens (including phenoxy) is 2. The molecule has 0 N–H and O–H groups in total. The van der Waals surface area contributed by atoms with Gasteiger partial charge < -0.3 is 9.47 Å². The molecule has 23 heavy (non-hydrogen) atoms. The van der Waals surface area contributed by atoms with Gasteiger partial charge in [-0.15, -0.1) is 0 Å². The molecule has 1 fully saturated rings. The van der Waals surface area contributed by atoms with Gasteiger partial charge in [0.1, 0.15) is 10.6 Å². The summed E-state index contributed by atoms with van der Waals surface area (Å²) in [4.78, 5) is 10.1. The van der Waals surface area contributed by atoms with Gasteiger partial charge in [0.05, 0.1) is 18.1 Å². The number of nitro groups is 1. The van der Waals surface area contributed by atoms with Crippen molar-refractivity contribution in [1.29, 1.82) is 0 Å². The van der Waals surface area contributed by atoms with Crippen molar-refractivity contribution < 1.29 is 22.8 Å². The maximum atomic E-state index is 12.9. The Morgan fingerprint density at radius 1 is 1.48 bits per heavy atom. The lowest BCUT2D eigenvalue weighted by Gasteiger charge is -2.24. The number of likely N-dealkylation sites (N-methyl/N-ethyl adjacent to an activating group) is 1. The molecule has 0 spiro atoms. The fraction of sp³-hybridized carbons (Fsp3) is 0.571. The molecule has 0 bridgehead atoms. The minimum Gasteiger partial charge on any atom is -0.495 e. The van der Waals surface area contributed by atoms with Crippen LogP contribution >= 0.6 is 0 Å². The molecule has 1 aromatic carbocycles. The SMILES string of the molecule is CCN(C[C@H]1CCCO1)S(=O)(=O)c1cc([N+](=O)[O-])ccc1OC. The Morgan fingerprint density at radius 2 is 2.22 bits per heavy atom. The van der Waals surface area contributed by atoms with Gasteiger partial charge in [0.25, 0.3) is 5.69 Å². The molecule has 1 saturated heterocycles. The summed E-state index contributed by atoms with van der Waals surface area (Å²) in [5.74, 6) is 0.0846. The van der Waals surface area contributed by atoms with E-state index in [4.69, 9.17) is 9.47 Å². The molecular weight excluding hydrogens is 324 g/mol. The summed E-state index contributed by atoms with van der Waals surface area (Å²) >= 11 is 0. The summed E-state index contributed by atoms with van der Waals surface area (Å²) in [6, 6.07) is 3.55. The second-order valence-electron chi connectivity index (χ2n) is 5.18. The van der Waals surface area contributed by atoms with Crippen molar-refractivity contribution in [1.82, 2.24) is 4.31 Å². The van der Waals surface area contributed by atoms with Crippen LogP contribution in [0.15, 0.2) is 23.1 Å². The van der Waals surface area contributed by atoms with Crippen LogP contribution < -0.4 is 4.74 Å². The molecule has 8 nitrogen and oxygen atoms in total. The zero-order chi connectivity index (χ0) is 17.0. The molecule has 0 aliphatic carbocycles. The predicted molar refractivity (Wildman–Crippen MR) is 83.1 cm³/mol. The molecule has 0 unspecified atom stereocenters. The number of nitro benzene ring substituents is 1. The van der Waals surface area contributed by atoms with Crippen LogP contribution in [0.2, 0.25) is 0 Å². The molecule has 0 saturated carbocycles. The Kier molecular flexibility index (Phi) is 5.55. The highest BCUT2D eigenvalue weighted by molar-refractivity contribution is 7.89. The molecule has 1 heterocycles. The second-order valence-corrected chi connectivity index (χ2v) is 7.09. The summed E-state index contributed by atoms with van der Waals surface area (Å²) in [5, 5.41) is 10.9. The highest BCUT2D eigenvalue weighted by atomic mass is 32.2. The molecular formula is C14H20N2O6S. The summed E-state index contributed by atoms with van der Waals surface area (Å²) in [5.41, 5.74) is -0.294. The monoisotopic (exact) mass is 344 g/mol. The standard InChI is InChI=1S/C14H20N2O6S/c1-3-15(10-12-5-4-8-22-12)23(19,20)14-9-11(16(17)18)6-7-13(14)21-2/h6-7,9,12H,3-5,8,10H2,1-2H3/t12-/m1/s1. The van der Waals surface area contributed by atoms with Crippen molar-refractivity contribution in [3.05, 3.63) is 28.3 Å². The van der Waals surface area contributed by atoms with Gasteiger partial charge in [0.15, 0.2) is 0 Å². The quantitative estimate of drug-likeness (QED) is 0.552.